The summed E-state index contributed by atoms with van der Waals surface area (Å²) in [6, 6.07) is 13.6. The highest BCUT2D eigenvalue weighted by Gasteiger charge is 2.23. The van der Waals surface area contributed by atoms with Crippen LogP contribution in [0, 0.1) is 0 Å². The lowest BCUT2D eigenvalue weighted by Crippen LogP contribution is -2.32. The molecule has 0 bridgehead atoms. The molecule has 3 aromatic heterocycles. The number of rotatable bonds is 4. The van der Waals surface area contributed by atoms with Crippen LogP contribution in [0.15, 0.2) is 55.0 Å². The number of pyridine rings is 1. The lowest BCUT2D eigenvalue weighted by Gasteiger charge is -2.23. The van der Waals surface area contributed by atoms with Crippen molar-refractivity contribution in [3.63, 3.8) is 0 Å². The summed E-state index contributed by atoms with van der Waals surface area (Å²) in [6.45, 7) is 1.90. The Morgan fingerprint density at radius 1 is 1.07 bits per heavy atom. The minimum Gasteiger partial charge on any atom is -0.439 e. The van der Waals surface area contributed by atoms with Crippen LogP contribution in [0.25, 0.3) is 22.3 Å². The molecule has 1 aliphatic heterocycles. The van der Waals surface area contributed by atoms with E-state index >= 15 is 0 Å². The number of hydrogen-bond donors (Lipinski definition) is 2. The van der Waals surface area contributed by atoms with Crippen molar-refractivity contribution in [2.45, 2.75) is 18.9 Å². The first-order valence-corrected chi connectivity index (χ1v) is 9.68. The molecule has 4 aromatic rings. The number of ether oxygens (including phenoxy) is 1. The van der Waals surface area contributed by atoms with E-state index in [9.17, 15) is 0 Å². The van der Waals surface area contributed by atoms with Crippen molar-refractivity contribution >= 4 is 16.9 Å². The number of nitrogen functional groups attached to an aromatic ring is 1. The lowest BCUT2D eigenvalue weighted by molar-refractivity contribution is 0.354. The van der Waals surface area contributed by atoms with E-state index in [1.165, 1.54) is 6.33 Å². The SMILES string of the molecule is Nc1ncnc2c1c(-c1ccc(Oc3ccccc3)nc1)nn2[C@@H]1CCCNC1. The fourth-order valence-electron chi connectivity index (χ4n) is 3.68. The first-order valence-electron chi connectivity index (χ1n) is 9.68. The van der Waals surface area contributed by atoms with Crippen LogP contribution in [-0.2, 0) is 0 Å². The predicted octanol–water partition coefficient (Wildman–Crippen LogP) is 3.19. The zero-order chi connectivity index (χ0) is 19.6. The van der Waals surface area contributed by atoms with Gasteiger partial charge in [-0.3, -0.25) is 0 Å². The molecular formula is C21H21N7O. The highest BCUT2D eigenvalue weighted by Crippen LogP contribution is 2.33. The van der Waals surface area contributed by atoms with Gasteiger partial charge in [0, 0.05) is 24.4 Å². The third kappa shape index (κ3) is 3.38. The van der Waals surface area contributed by atoms with Crippen LogP contribution in [0.4, 0.5) is 5.82 Å². The van der Waals surface area contributed by atoms with E-state index in [2.05, 4.69) is 20.3 Å². The van der Waals surface area contributed by atoms with Gasteiger partial charge < -0.3 is 15.8 Å². The average Bonchev–Trinajstić information content (AvgIpc) is 3.17. The number of anilines is 1. The van der Waals surface area contributed by atoms with Crippen molar-refractivity contribution in [2.75, 3.05) is 18.8 Å². The van der Waals surface area contributed by atoms with Crippen LogP contribution in [0.1, 0.15) is 18.9 Å². The molecule has 146 valence electrons. The molecule has 1 fully saturated rings. The fourth-order valence-corrected chi connectivity index (χ4v) is 3.68. The Kier molecular flexibility index (Phi) is 4.53. The van der Waals surface area contributed by atoms with Gasteiger partial charge >= 0.3 is 0 Å². The maximum Gasteiger partial charge on any atom is 0.219 e. The Hall–Kier alpha value is -3.52. The number of nitrogens with one attached hydrogen (secondary N) is 1. The van der Waals surface area contributed by atoms with Gasteiger partial charge in [-0.25, -0.2) is 19.6 Å². The zero-order valence-corrected chi connectivity index (χ0v) is 15.8. The van der Waals surface area contributed by atoms with Crippen molar-refractivity contribution in [3.05, 3.63) is 55.0 Å². The van der Waals surface area contributed by atoms with E-state index in [1.807, 2.05) is 47.1 Å². The molecule has 0 spiro atoms. The Morgan fingerprint density at radius 2 is 1.97 bits per heavy atom. The smallest absolute Gasteiger partial charge is 0.219 e. The predicted molar refractivity (Wildman–Crippen MR) is 111 cm³/mol. The summed E-state index contributed by atoms with van der Waals surface area (Å²) >= 11 is 0. The largest absolute Gasteiger partial charge is 0.439 e. The molecule has 1 aliphatic rings. The standard InChI is InChI=1S/C21H21N7O/c22-20-18-19(14-8-9-17(24-11-14)29-16-6-2-1-3-7-16)27-28(21(18)26-13-25-20)15-5-4-10-23-12-15/h1-3,6-9,11,13,15,23H,4-5,10,12H2,(H2,22,25,26)/t15-/m1/s1. The second-order valence-electron chi connectivity index (χ2n) is 7.05. The van der Waals surface area contributed by atoms with Crippen LogP contribution in [0.2, 0.25) is 0 Å². The summed E-state index contributed by atoms with van der Waals surface area (Å²) in [4.78, 5) is 13.1. The second kappa shape index (κ2) is 7.48. The molecule has 5 rings (SSSR count). The molecule has 8 heteroatoms. The van der Waals surface area contributed by atoms with Gasteiger partial charge in [-0.1, -0.05) is 18.2 Å². The van der Waals surface area contributed by atoms with Crippen molar-refractivity contribution in [3.8, 4) is 22.9 Å². The topological polar surface area (TPSA) is 104 Å². The summed E-state index contributed by atoms with van der Waals surface area (Å²) in [5.74, 6) is 1.68. The van der Waals surface area contributed by atoms with Gasteiger partial charge in [0.2, 0.25) is 5.88 Å². The lowest BCUT2D eigenvalue weighted by atomic mass is 10.1. The van der Waals surface area contributed by atoms with Crippen molar-refractivity contribution in [1.82, 2.24) is 30.0 Å². The first kappa shape index (κ1) is 17.6. The van der Waals surface area contributed by atoms with E-state index in [4.69, 9.17) is 15.6 Å². The van der Waals surface area contributed by atoms with Gasteiger partial charge in [0.05, 0.1) is 11.4 Å². The highest BCUT2D eigenvalue weighted by molar-refractivity contribution is 5.98. The number of para-hydroxylation sites is 1. The number of fused-ring (bicyclic) bond motifs is 1. The van der Waals surface area contributed by atoms with Crippen molar-refractivity contribution < 1.29 is 4.74 Å². The molecule has 0 saturated carbocycles. The van der Waals surface area contributed by atoms with Gasteiger partial charge in [0.15, 0.2) is 5.65 Å². The number of nitrogens with two attached hydrogens (primary N) is 1. The van der Waals surface area contributed by atoms with Crippen LogP contribution < -0.4 is 15.8 Å². The van der Waals surface area contributed by atoms with Crippen LogP contribution in [0.5, 0.6) is 11.6 Å². The molecule has 3 N–H and O–H groups in total. The van der Waals surface area contributed by atoms with E-state index in [1.54, 1.807) is 6.20 Å². The molecule has 1 atom stereocenters. The van der Waals surface area contributed by atoms with Crippen LogP contribution >= 0.6 is 0 Å². The number of hydrogen-bond acceptors (Lipinski definition) is 7. The normalized spacial score (nSPS) is 16.8. The maximum atomic E-state index is 6.20. The molecule has 0 radical (unpaired) electrons. The Morgan fingerprint density at radius 3 is 2.72 bits per heavy atom. The van der Waals surface area contributed by atoms with Gasteiger partial charge in [-0.15, -0.1) is 0 Å². The summed E-state index contributed by atoms with van der Waals surface area (Å²) in [7, 11) is 0. The molecule has 0 amide bonds. The minimum absolute atomic E-state index is 0.239. The van der Waals surface area contributed by atoms with Gasteiger partial charge in [-0.2, -0.15) is 5.10 Å². The number of benzene rings is 1. The minimum atomic E-state index is 0.239. The quantitative estimate of drug-likeness (QED) is 0.554. The zero-order valence-electron chi connectivity index (χ0n) is 15.8. The molecule has 0 aliphatic carbocycles. The average molecular weight is 387 g/mol. The molecule has 1 aromatic carbocycles. The van der Waals surface area contributed by atoms with Gasteiger partial charge in [0.25, 0.3) is 0 Å². The van der Waals surface area contributed by atoms with E-state index in [-0.39, 0.29) is 6.04 Å². The third-order valence-electron chi connectivity index (χ3n) is 5.11. The van der Waals surface area contributed by atoms with E-state index in [0.717, 1.165) is 54.0 Å². The van der Waals surface area contributed by atoms with Gasteiger partial charge in [0.1, 0.15) is 23.6 Å². The molecule has 0 unspecified atom stereocenters. The van der Waals surface area contributed by atoms with E-state index < -0.39 is 0 Å². The van der Waals surface area contributed by atoms with Crippen LogP contribution in [-0.4, -0.2) is 37.8 Å². The number of piperidine rings is 1. The Bertz CT molecular complexity index is 1120. The third-order valence-corrected chi connectivity index (χ3v) is 5.11. The summed E-state index contributed by atoms with van der Waals surface area (Å²) in [5.41, 5.74) is 8.54. The van der Waals surface area contributed by atoms with E-state index in [0.29, 0.717) is 11.7 Å². The van der Waals surface area contributed by atoms with Crippen molar-refractivity contribution in [1.29, 1.82) is 0 Å². The maximum absolute atomic E-state index is 6.20. The van der Waals surface area contributed by atoms with Gasteiger partial charge in [-0.05, 0) is 37.6 Å². The Balaban J connectivity index is 1.52. The second-order valence-corrected chi connectivity index (χ2v) is 7.05. The first-order chi connectivity index (χ1) is 14.3. The highest BCUT2D eigenvalue weighted by atomic mass is 16.5. The monoisotopic (exact) mass is 387 g/mol. The molecule has 4 heterocycles. The Labute approximate surface area is 167 Å². The molecule has 29 heavy (non-hydrogen) atoms. The molecule has 8 nitrogen and oxygen atoms in total. The number of nitrogens with zero attached hydrogens (tertiary/aromatic N) is 5. The summed E-state index contributed by atoms with van der Waals surface area (Å²) in [5, 5.41) is 9.06. The molecule has 1 saturated heterocycles. The van der Waals surface area contributed by atoms with Crippen LogP contribution in [0.3, 0.4) is 0 Å². The summed E-state index contributed by atoms with van der Waals surface area (Å²) < 4.78 is 7.76. The fraction of sp³-hybridized carbons (Fsp3) is 0.238. The van der Waals surface area contributed by atoms with Crippen molar-refractivity contribution in [2.24, 2.45) is 0 Å². The number of aromatic nitrogens is 5. The summed E-state index contributed by atoms with van der Waals surface area (Å²) in [6.07, 6.45) is 5.39. The molecular weight excluding hydrogens is 366 g/mol.